The van der Waals surface area contributed by atoms with Gasteiger partial charge in [0.2, 0.25) is 0 Å². The third kappa shape index (κ3) is 4.51. The van der Waals surface area contributed by atoms with Crippen molar-refractivity contribution in [1.82, 2.24) is 15.1 Å². The van der Waals surface area contributed by atoms with E-state index < -0.39 is 0 Å². The molecule has 2 amide bonds. The fraction of sp³-hybridized carbons (Fsp3) is 0.533. The number of nitrogens with zero attached hydrogens (tertiary/aromatic N) is 2. The van der Waals surface area contributed by atoms with Gasteiger partial charge >= 0.3 is 6.03 Å². The van der Waals surface area contributed by atoms with Crippen LogP contribution in [0.15, 0.2) is 30.3 Å². The highest BCUT2D eigenvalue weighted by atomic mass is 16.3. The van der Waals surface area contributed by atoms with E-state index in [1.807, 2.05) is 32.3 Å². The summed E-state index contributed by atoms with van der Waals surface area (Å²) < 4.78 is 0. The number of amides is 2. The fourth-order valence-corrected chi connectivity index (χ4v) is 1.91. The van der Waals surface area contributed by atoms with Gasteiger partial charge in [-0.25, -0.2) is 4.79 Å². The molecule has 1 aromatic rings. The Morgan fingerprint density at radius 2 is 1.85 bits per heavy atom. The van der Waals surface area contributed by atoms with Gasteiger partial charge in [0, 0.05) is 13.6 Å². The van der Waals surface area contributed by atoms with Crippen LogP contribution < -0.4 is 5.32 Å². The predicted molar refractivity (Wildman–Crippen MR) is 80.6 cm³/mol. The lowest BCUT2D eigenvalue weighted by atomic mass is 10.1. The van der Waals surface area contributed by atoms with Crippen LogP contribution in [0.3, 0.4) is 0 Å². The highest BCUT2D eigenvalue weighted by molar-refractivity contribution is 5.74. The summed E-state index contributed by atoms with van der Waals surface area (Å²) in [4.78, 5) is 15.6. The second kappa shape index (κ2) is 7.87. The molecular formula is C15H25N3O2. The molecule has 2 atom stereocenters. The Kier molecular flexibility index (Phi) is 6.48. The Balaban J connectivity index is 2.63. The Morgan fingerprint density at radius 1 is 1.25 bits per heavy atom. The zero-order valence-corrected chi connectivity index (χ0v) is 12.7. The van der Waals surface area contributed by atoms with Gasteiger partial charge in [0.25, 0.3) is 0 Å². The molecule has 5 nitrogen and oxygen atoms in total. The maximum Gasteiger partial charge on any atom is 0.317 e. The van der Waals surface area contributed by atoms with Crippen LogP contribution in [-0.2, 0) is 0 Å². The van der Waals surface area contributed by atoms with Crippen LogP contribution in [0.4, 0.5) is 4.79 Å². The van der Waals surface area contributed by atoms with Crippen molar-refractivity contribution in [2.75, 3.05) is 34.3 Å². The Hall–Kier alpha value is -1.59. The van der Waals surface area contributed by atoms with E-state index in [9.17, 15) is 4.79 Å². The summed E-state index contributed by atoms with van der Waals surface area (Å²) in [5, 5.41) is 12.0. The maximum atomic E-state index is 12.0. The number of carbonyl (C=O) groups is 1. The second-order valence-electron chi connectivity index (χ2n) is 5.22. The minimum Gasteiger partial charge on any atom is -0.394 e. The first-order valence-electron chi connectivity index (χ1n) is 6.80. The van der Waals surface area contributed by atoms with E-state index in [1.54, 1.807) is 14.0 Å². The number of hydrogen-bond donors (Lipinski definition) is 2. The summed E-state index contributed by atoms with van der Waals surface area (Å²) in [5.41, 5.74) is 1.16. The van der Waals surface area contributed by atoms with Crippen LogP contribution in [0.25, 0.3) is 0 Å². The number of rotatable bonds is 6. The number of carbonyl (C=O) groups excluding carboxylic acids is 1. The van der Waals surface area contributed by atoms with E-state index in [4.69, 9.17) is 5.11 Å². The Morgan fingerprint density at radius 3 is 2.35 bits per heavy atom. The first-order valence-corrected chi connectivity index (χ1v) is 6.80. The molecule has 1 aromatic carbocycles. The summed E-state index contributed by atoms with van der Waals surface area (Å²) in [5.74, 6) is 0. The third-order valence-electron chi connectivity index (χ3n) is 3.50. The fourth-order valence-electron chi connectivity index (χ4n) is 1.91. The quantitative estimate of drug-likeness (QED) is 0.825. The molecule has 5 heteroatoms. The summed E-state index contributed by atoms with van der Waals surface area (Å²) >= 11 is 0. The zero-order valence-electron chi connectivity index (χ0n) is 12.7. The molecule has 0 radical (unpaired) electrons. The topological polar surface area (TPSA) is 55.8 Å². The molecule has 20 heavy (non-hydrogen) atoms. The van der Waals surface area contributed by atoms with Crippen molar-refractivity contribution in [3.8, 4) is 0 Å². The summed E-state index contributed by atoms with van der Waals surface area (Å²) in [6.07, 6.45) is 0. The van der Waals surface area contributed by atoms with Gasteiger partial charge in [-0.15, -0.1) is 0 Å². The minimum atomic E-state index is -0.190. The molecular weight excluding hydrogens is 254 g/mol. The van der Waals surface area contributed by atoms with Crippen LogP contribution in [0.2, 0.25) is 0 Å². The lowest BCUT2D eigenvalue weighted by molar-refractivity contribution is 0.155. The zero-order chi connectivity index (χ0) is 15.1. The van der Waals surface area contributed by atoms with Gasteiger partial charge in [0.1, 0.15) is 0 Å². The molecule has 2 unspecified atom stereocenters. The molecule has 2 N–H and O–H groups in total. The molecule has 0 aliphatic heterocycles. The minimum absolute atomic E-state index is 0.0420. The van der Waals surface area contributed by atoms with Crippen LogP contribution in [0, 0.1) is 0 Å². The molecule has 0 spiro atoms. The lowest BCUT2D eigenvalue weighted by Crippen LogP contribution is -2.46. The first kappa shape index (κ1) is 16.5. The molecule has 0 bridgehead atoms. The second-order valence-corrected chi connectivity index (χ2v) is 5.22. The van der Waals surface area contributed by atoms with Gasteiger partial charge < -0.3 is 20.2 Å². The predicted octanol–water partition coefficient (Wildman–Crippen LogP) is 1.31. The van der Waals surface area contributed by atoms with Gasteiger partial charge in [0.05, 0.1) is 18.7 Å². The molecule has 0 aliphatic carbocycles. The van der Waals surface area contributed by atoms with E-state index >= 15 is 0 Å². The van der Waals surface area contributed by atoms with Crippen molar-refractivity contribution < 1.29 is 9.90 Å². The van der Waals surface area contributed by atoms with Crippen molar-refractivity contribution in [2.45, 2.75) is 19.0 Å². The van der Waals surface area contributed by atoms with E-state index in [0.717, 1.165) is 5.56 Å². The number of benzene rings is 1. The van der Waals surface area contributed by atoms with Crippen molar-refractivity contribution in [1.29, 1.82) is 0 Å². The summed E-state index contributed by atoms with van der Waals surface area (Å²) in [6, 6.07) is 9.83. The largest absolute Gasteiger partial charge is 0.394 e. The normalized spacial score (nSPS) is 13.9. The standard InChI is InChI=1S/C15H25N3O2/c1-12(11-19)18(4)15(20)16-10-14(17(2)3)13-8-6-5-7-9-13/h5-9,12,14,19H,10-11H2,1-4H3,(H,16,20). The molecule has 112 valence electrons. The van der Waals surface area contributed by atoms with E-state index in [1.165, 1.54) is 4.90 Å². The maximum absolute atomic E-state index is 12.0. The van der Waals surface area contributed by atoms with Crippen LogP contribution in [-0.4, -0.2) is 61.3 Å². The molecule has 0 saturated carbocycles. The number of hydrogen-bond acceptors (Lipinski definition) is 3. The lowest BCUT2D eigenvalue weighted by Gasteiger charge is -2.28. The molecule has 0 aliphatic rings. The highest BCUT2D eigenvalue weighted by Crippen LogP contribution is 2.16. The van der Waals surface area contributed by atoms with Crippen molar-refractivity contribution in [2.24, 2.45) is 0 Å². The first-order chi connectivity index (χ1) is 9.47. The number of aliphatic hydroxyl groups excluding tert-OH is 1. The summed E-state index contributed by atoms with van der Waals surface area (Å²) in [7, 11) is 5.66. The van der Waals surface area contributed by atoms with Crippen LogP contribution in [0.5, 0.6) is 0 Å². The molecule has 1 rings (SSSR count). The average molecular weight is 279 g/mol. The Bertz CT molecular complexity index is 409. The molecule has 0 saturated heterocycles. The third-order valence-corrected chi connectivity index (χ3v) is 3.50. The van der Waals surface area contributed by atoms with Crippen molar-refractivity contribution in [3.05, 3.63) is 35.9 Å². The average Bonchev–Trinajstić information content (AvgIpc) is 2.46. The molecule has 0 fully saturated rings. The number of aliphatic hydroxyl groups is 1. The Labute approximate surface area is 121 Å². The van der Waals surface area contributed by atoms with Gasteiger partial charge in [-0.3, -0.25) is 0 Å². The van der Waals surface area contributed by atoms with Crippen LogP contribution >= 0.6 is 0 Å². The van der Waals surface area contributed by atoms with Gasteiger partial charge in [-0.1, -0.05) is 30.3 Å². The number of likely N-dealkylation sites (N-methyl/N-ethyl adjacent to an activating group) is 2. The monoisotopic (exact) mass is 279 g/mol. The highest BCUT2D eigenvalue weighted by Gasteiger charge is 2.18. The van der Waals surface area contributed by atoms with Crippen LogP contribution in [0.1, 0.15) is 18.5 Å². The summed E-state index contributed by atoms with van der Waals surface area (Å²) in [6.45, 7) is 2.29. The smallest absolute Gasteiger partial charge is 0.317 e. The van der Waals surface area contributed by atoms with E-state index in [0.29, 0.717) is 6.54 Å². The molecule has 0 heterocycles. The van der Waals surface area contributed by atoms with Gasteiger partial charge in [0.15, 0.2) is 0 Å². The van der Waals surface area contributed by atoms with Gasteiger partial charge in [-0.05, 0) is 26.6 Å². The number of urea groups is 1. The SMILES string of the molecule is CC(CO)N(C)C(=O)NCC(c1ccccc1)N(C)C. The van der Waals surface area contributed by atoms with E-state index in [-0.39, 0.29) is 24.7 Å². The van der Waals surface area contributed by atoms with Gasteiger partial charge in [-0.2, -0.15) is 0 Å². The number of nitrogens with one attached hydrogen (secondary N) is 1. The van der Waals surface area contributed by atoms with E-state index in [2.05, 4.69) is 22.3 Å². The van der Waals surface area contributed by atoms with Crippen molar-refractivity contribution >= 4 is 6.03 Å². The molecule has 0 aromatic heterocycles. The van der Waals surface area contributed by atoms with Crippen molar-refractivity contribution in [3.63, 3.8) is 0 Å².